The average Bonchev–Trinajstić information content (AvgIpc) is 2.93. The number of halogens is 1. The fourth-order valence-electron chi connectivity index (χ4n) is 5.02. The summed E-state index contributed by atoms with van der Waals surface area (Å²) >= 11 is 0. The lowest BCUT2D eigenvalue weighted by atomic mass is 9.82. The first-order valence-corrected chi connectivity index (χ1v) is 9.11. The molecule has 0 saturated heterocycles. The highest BCUT2D eigenvalue weighted by Crippen LogP contribution is 2.38. The van der Waals surface area contributed by atoms with Crippen LogP contribution in [0, 0.1) is 5.92 Å². The zero-order valence-electron chi connectivity index (χ0n) is 13.7. The molecule has 2 aromatic rings. The molecule has 122 valence electrons. The van der Waals surface area contributed by atoms with Crippen molar-refractivity contribution >= 4 is 29.0 Å². The summed E-state index contributed by atoms with van der Waals surface area (Å²) in [7, 11) is 0. The molecule has 0 unspecified atom stereocenters. The van der Waals surface area contributed by atoms with Crippen LogP contribution >= 0.6 is 12.4 Å². The summed E-state index contributed by atoms with van der Waals surface area (Å²) in [5.41, 5.74) is 7.69. The highest BCUT2D eigenvalue weighted by molar-refractivity contribution is 6.08. The number of hydrogen-bond acceptors (Lipinski definition) is 1. The minimum Gasteiger partial charge on any atom is -0.339 e. The molecule has 1 saturated carbocycles. The van der Waals surface area contributed by atoms with Crippen molar-refractivity contribution in [3.63, 3.8) is 0 Å². The van der Waals surface area contributed by atoms with E-state index in [1.807, 2.05) is 0 Å². The Labute approximate surface area is 144 Å². The van der Waals surface area contributed by atoms with Crippen LogP contribution < -0.4 is 0 Å². The summed E-state index contributed by atoms with van der Waals surface area (Å²) in [5.74, 6) is 0.721. The van der Waals surface area contributed by atoms with Crippen LogP contribution in [-0.4, -0.2) is 16.8 Å². The SMILES string of the molecule is Cl.c1cc2c3c(c1)c1c(n3CCC2)C(C2CCCCC2)=NCC1. The van der Waals surface area contributed by atoms with Crippen LogP contribution in [0.25, 0.3) is 10.9 Å². The second-order valence-corrected chi connectivity index (χ2v) is 7.25. The Bertz CT molecular complexity index is 766. The maximum absolute atomic E-state index is 5.05. The van der Waals surface area contributed by atoms with E-state index in [-0.39, 0.29) is 12.4 Å². The highest BCUT2D eigenvalue weighted by Gasteiger charge is 2.30. The van der Waals surface area contributed by atoms with E-state index in [0.717, 1.165) is 18.9 Å². The third-order valence-electron chi connectivity index (χ3n) is 5.98. The number of para-hydroxylation sites is 1. The van der Waals surface area contributed by atoms with Gasteiger partial charge in [0.25, 0.3) is 0 Å². The van der Waals surface area contributed by atoms with Gasteiger partial charge in [-0.15, -0.1) is 12.4 Å². The van der Waals surface area contributed by atoms with E-state index in [2.05, 4.69) is 22.8 Å². The number of fused-ring (bicyclic) bond motifs is 3. The standard InChI is InChI=1S/C20H24N2.ClH/c1-2-6-14(7-3-1)18-20-17(11-12-21-18)16-10-4-8-15-9-5-13-22(20)19(15)16;/h4,8,10,14H,1-3,5-7,9,11-13H2;1H. The largest absolute Gasteiger partial charge is 0.339 e. The Kier molecular flexibility index (Phi) is 3.96. The van der Waals surface area contributed by atoms with Crippen LogP contribution in [0.4, 0.5) is 0 Å². The van der Waals surface area contributed by atoms with E-state index < -0.39 is 0 Å². The van der Waals surface area contributed by atoms with E-state index >= 15 is 0 Å². The molecule has 23 heavy (non-hydrogen) atoms. The molecule has 1 aliphatic carbocycles. The second kappa shape index (κ2) is 5.98. The molecule has 3 aliphatic rings. The molecule has 0 bridgehead atoms. The normalized spacial score (nSPS) is 20.8. The van der Waals surface area contributed by atoms with E-state index in [0.29, 0.717) is 0 Å². The molecule has 1 aromatic carbocycles. The lowest BCUT2D eigenvalue weighted by molar-refractivity contribution is 0.436. The molecule has 0 N–H and O–H groups in total. The van der Waals surface area contributed by atoms with Gasteiger partial charge in [0.15, 0.2) is 0 Å². The lowest BCUT2D eigenvalue weighted by Gasteiger charge is -2.28. The van der Waals surface area contributed by atoms with Crippen molar-refractivity contribution in [2.45, 2.75) is 57.9 Å². The molecular weight excluding hydrogens is 304 g/mol. The fourth-order valence-corrected chi connectivity index (χ4v) is 5.02. The van der Waals surface area contributed by atoms with Gasteiger partial charge in [0.05, 0.1) is 16.9 Å². The van der Waals surface area contributed by atoms with E-state index in [1.165, 1.54) is 73.8 Å². The first-order chi connectivity index (χ1) is 10.9. The number of aryl methyl sites for hydroxylation is 2. The molecule has 0 radical (unpaired) electrons. The monoisotopic (exact) mass is 328 g/mol. The van der Waals surface area contributed by atoms with Crippen molar-refractivity contribution < 1.29 is 0 Å². The van der Waals surface area contributed by atoms with E-state index in [9.17, 15) is 0 Å². The molecule has 2 aliphatic heterocycles. The quantitative estimate of drug-likeness (QED) is 0.706. The molecule has 1 fully saturated rings. The van der Waals surface area contributed by atoms with Gasteiger partial charge in [-0.2, -0.15) is 0 Å². The smallest absolute Gasteiger partial charge is 0.0668 e. The maximum atomic E-state index is 5.05. The number of aromatic nitrogens is 1. The van der Waals surface area contributed by atoms with Gasteiger partial charge in [0.2, 0.25) is 0 Å². The van der Waals surface area contributed by atoms with Gasteiger partial charge < -0.3 is 4.57 Å². The number of hydrogen-bond donors (Lipinski definition) is 0. The van der Waals surface area contributed by atoms with E-state index in [1.54, 1.807) is 11.1 Å². The number of aliphatic imine (C=N–C) groups is 1. The van der Waals surface area contributed by atoms with Gasteiger partial charge in [-0.3, -0.25) is 4.99 Å². The number of nitrogens with zero attached hydrogens (tertiary/aromatic N) is 2. The van der Waals surface area contributed by atoms with Gasteiger partial charge in [-0.25, -0.2) is 0 Å². The molecule has 0 amide bonds. The number of rotatable bonds is 1. The molecule has 2 nitrogen and oxygen atoms in total. The van der Waals surface area contributed by atoms with Crippen molar-refractivity contribution in [3.05, 3.63) is 35.0 Å². The van der Waals surface area contributed by atoms with Crippen LogP contribution in [-0.2, 0) is 19.4 Å². The van der Waals surface area contributed by atoms with Gasteiger partial charge in [0, 0.05) is 24.4 Å². The van der Waals surface area contributed by atoms with Crippen molar-refractivity contribution in [2.24, 2.45) is 10.9 Å². The van der Waals surface area contributed by atoms with Crippen LogP contribution in [0.1, 0.15) is 55.3 Å². The molecule has 0 atom stereocenters. The summed E-state index contributed by atoms with van der Waals surface area (Å²) in [5, 5.41) is 1.52. The van der Waals surface area contributed by atoms with Gasteiger partial charge in [-0.1, -0.05) is 37.5 Å². The first-order valence-electron chi connectivity index (χ1n) is 9.11. The minimum absolute atomic E-state index is 0. The van der Waals surface area contributed by atoms with Crippen molar-refractivity contribution in [1.82, 2.24) is 4.57 Å². The molecule has 3 heteroatoms. The molecule has 5 rings (SSSR count). The third kappa shape index (κ3) is 2.26. The highest BCUT2D eigenvalue weighted by atomic mass is 35.5. The van der Waals surface area contributed by atoms with Crippen LogP contribution in [0.3, 0.4) is 0 Å². The lowest BCUT2D eigenvalue weighted by Crippen LogP contribution is -2.26. The van der Waals surface area contributed by atoms with Gasteiger partial charge in [0.1, 0.15) is 0 Å². The summed E-state index contributed by atoms with van der Waals surface area (Å²) < 4.78 is 2.64. The molecule has 1 aromatic heterocycles. The summed E-state index contributed by atoms with van der Waals surface area (Å²) in [6.45, 7) is 2.19. The molecule has 0 spiro atoms. The Morgan fingerprint density at radius 1 is 1.00 bits per heavy atom. The molecule has 3 heterocycles. The van der Waals surface area contributed by atoms with Crippen LogP contribution in [0.2, 0.25) is 0 Å². The zero-order chi connectivity index (χ0) is 14.5. The van der Waals surface area contributed by atoms with Gasteiger partial charge >= 0.3 is 0 Å². The average molecular weight is 329 g/mol. The molecular formula is C20H25ClN2. The van der Waals surface area contributed by atoms with Gasteiger partial charge in [-0.05, 0) is 43.2 Å². The fraction of sp³-hybridized carbons (Fsp3) is 0.550. The summed E-state index contributed by atoms with van der Waals surface area (Å²) in [4.78, 5) is 5.05. The minimum atomic E-state index is 0. The summed E-state index contributed by atoms with van der Waals surface area (Å²) in [6, 6.07) is 6.95. The Balaban J connectivity index is 0.00000135. The van der Waals surface area contributed by atoms with Crippen molar-refractivity contribution in [2.75, 3.05) is 6.54 Å². The first kappa shape index (κ1) is 15.3. The predicted octanol–water partition coefficient (Wildman–Crippen LogP) is 4.93. The van der Waals surface area contributed by atoms with Crippen molar-refractivity contribution in [3.8, 4) is 0 Å². The van der Waals surface area contributed by atoms with E-state index in [4.69, 9.17) is 4.99 Å². The second-order valence-electron chi connectivity index (χ2n) is 7.25. The topological polar surface area (TPSA) is 17.3 Å². The maximum Gasteiger partial charge on any atom is 0.0668 e. The predicted molar refractivity (Wildman–Crippen MR) is 99.2 cm³/mol. The third-order valence-corrected chi connectivity index (χ3v) is 5.98. The van der Waals surface area contributed by atoms with Crippen molar-refractivity contribution in [1.29, 1.82) is 0 Å². The zero-order valence-corrected chi connectivity index (χ0v) is 14.5. The van der Waals surface area contributed by atoms with Crippen LogP contribution in [0.15, 0.2) is 23.2 Å². The van der Waals surface area contributed by atoms with Crippen LogP contribution in [0.5, 0.6) is 0 Å². The Morgan fingerprint density at radius 2 is 1.87 bits per heavy atom. The summed E-state index contributed by atoms with van der Waals surface area (Å²) in [6.07, 6.45) is 10.6. The Morgan fingerprint density at radius 3 is 2.74 bits per heavy atom. The number of benzene rings is 1. The Hall–Kier alpha value is -1.28.